The van der Waals surface area contributed by atoms with E-state index >= 15 is 0 Å². The van der Waals surface area contributed by atoms with Crippen molar-refractivity contribution in [3.05, 3.63) is 0 Å². The summed E-state index contributed by atoms with van der Waals surface area (Å²) in [7, 11) is 0. The fourth-order valence-corrected chi connectivity index (χ4v) is 0.855. The number of nitrogens with one attached hydrogen (secondary N) is 1. The van der Waals surface area contributed by atoms with Crippen molar-refractivity contribution >= 4 is 18.0 Å². The van der Waals surface area contributed by atoms with Crippen molar-refractivity contribution in [3.63, 3.8) is 0 Å². The smallest absolute Gasteiger partial charge is 0.408 e. The van der Waals surface area contributed by atoms with Gasteiger partial charge in [-0.3, -0.25) is 4.79 Å². The van der Waals surface area contributed by atoms with Gasteiger partial charge in [0.15, 0.2) is 0 Å². The third kappa shape index (κ3) is 8.06. The van der Waals surface area contributed by atoms with Crippen LogP contribution in [-0.4, -0.2) is 34.7 Å². The second-order valence-corrected chi connectivity index (χ2v) is 3.11. The highest BCUT2D eigenvalue weighted by atomic mass is 16.6. The maximum Gasteiger partial charge on any atom is 0.408 e. The van der Waals surface area contributed by atoms with E-state index in [0.717, 1.165) is 0 Å². The molecule has 0 unspecified atom stereocenters. The van der Waals surface area contributed by atoms with E-state index in [1.807, 2.05) is 0 Å². The summed E-state index contributed by atoms with van der Waals surface area (Å²) in [4.78, 5) is 33.6. The van der Waals surface area contributed by atoms with Crippen LogP contribution in [0.3, 0.4) is 0 Å². The molecule has 0 aromatic heterocycles. The third-order valence-corrected chi connectivity index (χ3v) is 1.52. The maximum absolute atomic E-state index is 11.9. The van der Waals surface area contributed by atoms with Gasteiger partial charge in [-0.2, -0.15) is 0 Å². The summed E-state index contributed by atoms with van der Waals surface area (Å²) >= 11 is 0. The van der Waals surface area contributed by atoms with Crippen LogP contribution < -0.4 is 11.1 Å². The number of hydrogen-bond donors (Lipinski definition) is 3. The molecule has 0 saturated carbocycles. The predicted molar refractivity (Wildman–Crippen MR) is 59.2 cm³/mol. The van der Waals surface area contributed by atoms with Gasteiger partial charge >= 0.3 is 12.1 Å². The molecule has 0 aliphatic carbocycles. The first-order valence-corrected chi connectivity index (χ1v) is 4.37. The molecule has 7 nitrogen and oxygen atoms in total. The number of ether oxygens (including phenoxy) is 1. The topological polar surface area (TPSA) is 119 Å². The Bertz CT molecular complexity index is 519. The lowest BCUT2D eigenvalue weighted by Crippen LogP contribution is -2.43. The standard InChI is InChI=1S/C10H18N2O5/c1-10(2,3)17-9(16)12-6(8(14)15)4-5-7(11)13/h6H,4-5H2,1-3H3,(H2,11,13)(H,12,16)(H,14,15)/t6-/m0/s1/i1D3,2D3,3D3. The van der Waals surface area contributed by atoms with Gasteiger partial charge < -0.3 is 20.9 Å². The van der Waals surface area contributed by atoms with E-state index in [-0.39, 0.29) is 0 Å². The molecule has 0 aromatic carbocycles. The lowest BCUT2D eigenvalue weighted by Gasteiger charge is -2.21. The summed E-state index contributed by atoms with van der Waals surface area (Å²) in [6.45, 7) is -11.4. The lowest BCUT2D eigenvalue weighted by molar-refractivity contribution is -0.139. The summed E-state index contributed by atoms with van der Waals surface area (Å²) < 4.78 is 69.8. The molecule has 0 saturated heterocycles. The van der Waals surface area contributed by atoms with Crippen molar-refractivity contribution in [3.8, 4) is 0 Å². The number of carboxylic acids is 1. The summed E-state index contributed by atoms with van der Waals surface area (Å²) in [6, 6.07) is -1.79. The van der Waals surface area contributed by atoms with Gasteiger partial charge in [-0.1, -0.05) is 0 Å². The largest absolute Gasteiger partial charge is 0.480 e. The number of carbonyl (C=O) groups excluding carboxylic acids is 2. The predicted octanol–water partition coefficient (Wildman–Crippen LogP) is 0.230. The van der Waals surface area contributed by atoms with E-state index in [0.29, 0.717) is 0 Å². The van der Waals surface area contributed by atoms with E-state index in [1.54, 1.807) is 5.32 Å². The molecule has 0 heterocycles. The second kappa shape index (κ2) is 6.07. The molecule has 0 spiro atoms. The van der Waals surface area contributed by atoms with Gasteiger partial charge in [-0.15, -0.1) is 0 Å². The van der Waals surface area contributed by atoms with Gasteiger partial charge in [0.1, 0.15) is 11.6 Å². The molecule has 0 radical (unpaired) electrons. The molecule has 0 bridgehead atoms. The number of rotatable bonds is 5. The first-order chi connectivity index (χ1) is 11.4. The van der Waals surface area contributed by atoms with E-state index in [1.165, 1.54) is 0 Å². The van der Waals surface area contributed by atoms with E-state index < -0.39 is 63.0 Å². The van der Waals surface area contributed by atoms with Crippen LogP contribution in [0.15, 0.2) is 0 Å². The van der Waals surface area contributed by atoms with Crippen LogP contribution >= 0.6 is 0 Å². The minimum Gasteiger partial charge on any atom is -0.480 e. The Morgan fingerprint density at radius 1 is 1.47 bits per heavy atom. The molecular formula is C10H18N2O5. The molecule has 0 fully saturated rings. The minimum atomic E-state index is -3.90. The van der Waals surface area contributed by atoms with Crippen molar-refractivity contribution in [1.82, 2.24) is 5.32 Å². The second-order valence-electron chi connectivity index (χ2n) is 3.11. The molecule has 0 aliphatic heterocycles. The molecule has 0 aromatic rings. The first kappa shape index (κ1) is 5.70. The number of nitrogens with two attached hydrogens (primary N) is 1. The van der Waals surface area contributed by atoms with Crippen molar-refractivity contribution in [1.29, 1.82) is 0 Å². The minimum absolute atomic E-state index is 0.472. The quantitative estimate of drug-likeness (QED) is 0.649. The zero-order chi connectivity index (χ0) is 21.1. The molecule has 17 heavy (non-hydrogen) atoms. The van der Waals surface area contributed by atoms with Gasteiger partial charge in [0.25, 0.3) is 0 Å². The molecule has 1 atom stereocenters. The molecule has 2 amide bonds. The highest BCUT2D eigenvalue weighted by molar-refractivity contribution is 5.81. The van der Waals surface area contributed by atoms with Crippen LogP contribution in [0, 0.1) is 0 Å². The Morgan fingerprint density at radius 2 is 2.06 bits per heavy atom. The molecular weight excluding hydrogens is 228 g/mol. The summed E-state index contributed by atoms with van der Waals surface area (Å²) in [6.07, 6.45) is -2.88. The van der Waals surface area contributed by atoms with Gasteiger partial charge in [0.2, 0.25) is 5.91 Å². The zero-order valence-electron chi connectivity index (χ0n) is 17.6. The molecule has 0 rings (SSSR count). The summed E-state index contributed by atoms with van der Waals surface area (Å²) in [5.41, 5.74) is 0.947. The average Bonchev–Trinajstić information content (AvgIpc) is 2.35. The Balaban J connectivity index is 5.76. The van der Waals surface area contributed by atoms with Gasteiger partial charge in [0, 0.05) is 18.8 Å². The van der Waals surface area contributed by atoms with Crippen LogP contribution in [0.1, 0.15) is 45.7 Å². The SMILES string of the molecule is [2H]C([2H])([2H])C(OC(=O)N[C@@H](CCC(N)=O)C(=O)O)(C([2H])([2H])[2H])C([2H])([2H])[2H]. The monoisotopic (exact) mass is 255 g/mol. The number of primary amides is 1. The van der Waals surface area contributed by atoms with Crippen LogP contribution in [0.4, 0.5) is 4.79 Å². The van der Waals surface area contributed by atoms with Crippen LogP contribution in [0.25, 0.3) is 0 Å². The maximum atomic E-state index is 11.9. The van der Waals surface area contributed by atoms with Crippen molar-refractivity contribution < 1.29 is 36.6 Å². The Hall–Kier alpha value is -1.79. The fourth-order valence-electron chi connectivity index (χ4n) is 0.855. The molecule has 98 valence electrons. The molecule has 7 heteroatoms. The Morgan fingerprint density at radius 3 is 2.47 bits per heavy atom. The first-order valence-electron chi connectivity index (χ1n) is 8.87. The third-order valence-electron chi connectivity index (χ3n) is 1.52. The van der Waals surface area contributed by atoms with Crippen molar-refractivity contribution in [2.24, 2.45) is 5.73 Å². The normalized spacial score (nSPS) is 22.7. The lowest BCUT2D eigenvalue weighted by atomic mass is 10.1. The van der Waals surface area contributed by atoms with Crippen LogP contribution in [0.5, 0.6) is 0 Å². The van der Waals surface area contributed by atoms with E-state index in [2.05, 4.69) is 4.74 Å². The average molecular weight is 255 g/mol. The number of amides is 2. The number of hydrogen-bond acceptors (Lipinski definition) is 4. The number of carboxylic acid groups (broad SMARTS) is 1. The Kier molecular flexibility index (Phi) is 2.04. The van der Waals surface area contributed by atoms with Crippen molar-refractivity contribution in [2.75, 3.05) is 0 Å². The van der Waals surface area contributed by atoms with Gasteiger partial charge in [-0.25, -0.2) is 9.59 Å². The van der Waals surface area contributed by atoms with E-state index in [4.69, 9.17) is 23.2 Å². The van der Waals surface area contributed by atoms with Gasteiger partial charge in [-0.05, 0) is 27.0 Å². The number of carbonyl (C=O) groups is 3. The van der Waals surface area contributed by atoms with Gasteiger partial charge in [0.05, 0.1) is 0 Å². The number of aliphatic carboxylic acids is 1. The summed E-state index contributed by atoms with van der Waals surface area (Å²) in [5.74, 6) is -2.56. The Labute approximate surface area is 112 Å². The summed E-state index contributed by atoms with van der Waals surface area (Å²) in [5, 5.41) is 10.6. The highest BCUT2D eigenvalue weighted by Gasteiger charge is 2.23. The molecule has 4 N–H and O–H groups in total. The molecule has 0 aliphatic rings. The highest BCUT2D eigenvalue weighted by Crippen LogP contribution is 2.07. The fraction of sp³-hybridized carbons (Fsp3) is 0.700. The van der Waals surface area contributed by atoms with Crippen LogP contribution in [0.2, 0.25) is 0 Å². The van der Waals surface area contributed by atoms with Crippen molar-refractivity contribution in [2.45, 2.75) is 45.0 Å². The number of alkyl carbamates (subject to hydrolysis) is 1. The zero-order valence-corrected chi connectivity index (χ0v) is 8.65. The van der Waals surface area contributed by atoms with Crippen LogP contribution in [-0.2, 0) is 14.3 Å². The van der Waals surface area contributed by atoms with E-state index in [9.17, 15) is 14.4 Å².